The molecule has 1 atom stereocenters. The van der Waals surface area contributed by atoms with E-state index >= 15 is 0 Å². The van der Waals surface area contributed by atoms with Gasteiger partial charge in [-0.2, -0.15) is 0 Å². The Hall–Kier alpha value is -0.820. The van der Waals surface area contributed by atoms with Crippen LogP contribution in [-0.4, -0.2) is 5.11 Å². The van der Waals surface area contributed by atoms with E-state index in [2.05, 4.69) is 0 Å². The van der Waals surface area contributed by atoms with Crippen LogP contribution in [0.3, 0.4) is 0 Å². The zero-order chi connectivity index (χ0) is 8.32. The number of aliphatic hydroxyl groups is 1. The number of hydrogen-bond acceptors (Lipinski definition) is 1. The molecule has 0 fully saturated rings. The molecule has 0 aliphatic rings. The summed E-state index contributed by atoms with van der Waals surface area (Å²) in [6.07, 6.45) is -1.00. The van der Waals surface area contributed by atoms with Crippen molar-refractivity contribution < 1.29 is 6.48 Å². The lowest BCUT2D eigenvalue weighted by atomic mass is 10.1. The van der Waals surface area contributed by atoms with Crippen LogP contribution in [0.4, 0.5) is 0 Å². The molecular weight excluding hydrogens is 124 g/mol. The largest absolute Gasteiger partial charge is 0.388 e. The highest BCUT2D eigenvalue weighted by Gasteiger charge is 2.00. The van der Waals surface area contributed by atoms with Gasteiger partial charge in [0, 0.05) is 0 Å². The third kappa shape index (κ3) is 1.58. The molecule has 10 heavy (non-hydrogen) atoms. The first-order valence-electron chi connectivity index (χ1n) is 3.94. The van der Waals surface area contributed by atoms with E-state index in [9.17, 15) is 5.11 Å². The molecule has 1 heteroatoms. The average Bonchev–Trinajstić information content (AvgIpc) is 2.06. The minimum atomic E-state index is -1.42. The van der Waals surface area contributed by atoms with Crippen LogP contribution in [0, 0.1) is 0 Å². The molecule has 54 valence electrons. The van der Waals surface area contributed by atoms with E-state index < -0.39 is 6.08 Å². The molecule has 1 nitrogen and oxygen atoms in total. The van der Waals surface area contributed by atoms with Crippen molar-refractivity contribution in [3.05, 3.63) is 35.9 Å². The molecule has 1 rings (SSSR count). The zero-order valence-corrected chi connectivity index (χ0v) is 6.04. The first-order valence-corrected chi connectivity index (χ1v) is 3.44. The molecule has 0 aliphatic heterocycles. The molecule has 0 radical (unpaired) electrons. The summed E-state index contributed by atoms with van der Waals surface area (Å²) < 4.78 is 7.47. The van der Waals surface area contributed by atoms with E-state index in [-0.39, 0.29) is 0 Å². The van der Waals surface area contributed by atoms with Crippen molar-refractivity contribution in [1.82, 2.24) is 0 Å². The molecule has 0 aromatic heterocycles. The molecular formula is C9H12O. The van der Waals surface area contributed by atoms with Crippen LogP contribution in [0.15, 0.2) is 30.3 Å². The number of rotatable bonds is 2. The summed E-state index contributed by atoms with van der Waals surface area (Å²) in [4.78, 5) is 0. The van der Waals surface area contributed by atoms with Crippen molar-refractivity contribution in [2.75, 3.05) is 0 Å². The fourth-order valence-electron chi connectivity index (χ4n) is 0.835. The van der Waals surface area contributed by atoms with Crippen LogP contribution >= 0.6 is 0 Å². The standard InChI is InChI=1S/C9H12O/c1-2-9(10)8-6-4-3-5-7-8/h3-7,9-10H,2H2,1H3/t9-/m1/s1/i9D. The summed E-state index contributed by atoms with van der Waals surface area (Å²) in [6, 6.07) is 9.04. The highest BCUT2D eigenvalue weighted by molar-refractivity contribution is 5.16. The van der Waals surface area contributed by atoms with Crippen LogP contribution in [0.1, 0.15) is 26.4 Å². The van der Waals surface area contributed by atoms with Crippen molar-refractivity contribution in [1.29, 1.82) is 0 Å². The van der Waals surface area contributed by atoms with Crippen molar-refractivity contribution in [2.24, 2.45) is 0 Å². The van der Waals surface area contributed by atoms with Crippen LogP contribution < -0.4 is 0 Å². The Balaban J connectivity index is 2.93. The SMILES string of the molecule is [2H][C@@](O)(CC)c1ccccc1. The second-order valence-corrected chi connectivity index (χ2v) is 2.17. The van der Waals surface area contributed by atoms with Crippen LogP contribution in [0.2, 0.25) is 0 Å². The normalized spacial score (nSPS) is 17.6. The quantitative estimate of drug-likeness (QED) is 0.662. The van der Waals surface area contributed by atoms with Gasteiger partial charge in [0.2, 0.25) is 0 Å². The third-order valence-corrected chi connectivity index (χ3v) is 1.44. The van der Waals surface area contributed by atoms with Gasteiger partial charge in [-0.25, -0.2) is 0 Å². The summed E-state index contributed by atoms with van der Waals surface area (Å²) in [7, 11) is 0. The highest BCUT2D eigenvalue weighted by Crippen LogP contribution is 2.14. The summed E-state index contributed by atoms with van der Waals surface area (Å²) in [5, 5.41) is 9.46. The van der Waals surface area contributed by atoms with Gasteiger partial charge in [-0.05, 0) is 12.0 Å². The van der Waals surface area contributed by atoms with Gasteiger partial charge in [0.15, 0.2) is 0 Å². The zero-order valence-electron chi connectivity index (χ0n) is 7.04. The molecule has 0 bridgehead atoms. The predicted molar refractivity (Wildman–Crippen MR) is 41.7 cm³/mol. The summed E-state index contributed by atoms with van der Waals surface area (Å²) in [6.45, 7) is 1.79. The average molecular weight is 137 g/mol. The number of hydrogen-bond donors (Lipinski definition) is 1. The summed E-state index contributed by atoms with van der Waals surface area (Å²) >= 11 is 0. The van der Waals surface area contributed by atoms with Crippen molar-refractivity contribution in [3.8, 4) is 0 Å². The maximum atomic E-state index is 9.46. The van der Waals surface area contributed by atoms with E-state index in [1.54, 1.807) is 19.1 Å². The fraction of sp³-hybridized carbons (Fsp3) is 0.333. The lowest BCUT2D eigenvalue weighted by Crippen LogP contribution is -1.93. The molecule has 1 aromatic rings. The second-order valence-electron chi connectivity index (χ2n) is 2.17. The van der Waals surface area contributed by atoms with Gasteiger partial charge in [0.05, 0.1) is 7.45 Å². The van der Waals surface area contributed by atoms with Gasteiger partial charge in [-0.15, -0.1) is 0 Å². The minimum Gasteiger partial charge on any atom is -0.388 e. The van der Waals surface area contributed by atoms with Gasteiger partial charge < -0.3 is 5.11 Å². The van der Waals surface area contributed by atoms with Gasteiger partial charge >= 0.3 is 0 Å². The molecule has 0 spiro atoms. The molecule has 0 saturated carbocycles. The van der Waals surface area contributed by atoms with Crippen molar-refractivity contribution >= 4 is 0 Å². The van der Waals surface area contributed by atoms with Crippen LogP contribution in [-0.2, 0) is 0 Å². The maximum absolute atomic E-state index is 9.46. The Morgan fingerprint density at radius 3 is 2.60 bits per heavy atom. The molecule has 0 amide bonds. The van der Waals surface area contributed by atoms with Gasteiger partial charge in [-0.1, -0.05) is 37.3 Å². The first-order chi connectivity index (χ1) is 5.17. The topological polar surface area (TPSA) is 20.2 Å². The maximum Gasteiger partial charge on any atom is 0.0787 e. The molecule has 0 heterocycles. The lowest BCUT2D eigenvalue weighted by Gasteiger charge is -2.05. The molecule has 1 N–H and O–H groups in total. The Morgan fingerprint density at radius 2 is 2.10 bits per heavy atom. The molecule has 0 aliphatic carbocycles. The van der Waals surface area contributed by atoms with E-state index in [0.29, 0.717) is 12.0 Å². The van der Waals surface area contributed by atoms with E-state index in [1.165, 1.54) is 0 Å². The Kier molecular flexibility index (Phi) is 2.00. The predicted octanol–water partition coefficient (Wildman–Crippen LogP) is 2.13. The summed E-state index contributed by atoms with van der Waals surface area (Å²) in [5.74, 6) is 0. The van der Waals surface area contributed by atoms with E-state index in [1.807, 2.05) is 18.2 Å². The highest BCUT2D eigenvalue weighted by atomic mass is 16.3. The lowest BCUT2D eigenvalue weighted by molar-refractivity contribution is 0.173. The van der Waals surface area contributed by atoms with E-state index in [0.717, 1.165) is 0 Å². The number of benzene rings is 1. The van der Waals surface area contributed by atoms with E-state index in [4.69, 9.17) is 1.37 Å². The van der Waals surface area contributed by atoms with Crippen LogP contribution in [0.25, 0.3) is 0 Å². The Morgan fingerprint density at radius 1 is 1.50 bits per heavy atom. The monoisotopic (exact) mass is 137 g/mol. The Labute approximate surface area is 62.7 Å². The third-order valence-electron chi connectivity index (χ3n) is 1.44. The summed E-state index contributed by atoms with van der Waals surface area (Å²) in [5.41, 5.74) is 0.655. The molecule has 0 saturated heterocycles. The smallest absolute Gasteiger partial charge is 0.0787 e. The van der Waals surface area contributed by atoms with Crippen molar-refractivity contribution in [3.63, 3.8) is 0 Å². The molecule has 1 aromatic carbocycles. The second kappa shape index (κ2) is 3.37. The van der Waals surface area contributed by atoms with Gasteiger partial charge in [0.1, 0.15) is 0 Å². The van der Waals surface area contributed by atoms with Gasteiger partial charge in [-0.3, -0.25) is 0 Å². The minimum absolute atomic E-state index is 0.414. The van der Waals surface area contributed by atoms with Crippen LogP contribution in [0.5, 0.6) is 0 Å². The van der Waals surface area contributed by atoms with Crippen molar-refractivity contribution in [2.45, 2.75) is 19.4 Å². The molecule has 0 unspecified atom stereocenters. The van der Waals surface area contributed by atoms with Gasteiger partial charge in [0.25, 0.3) is 0 Å². The fourth-order valence-corrected chi connectivity index (χ4v) is 0.835. The Bertz CT molecular complexity index is 218. The first kappa shape index (κ1) is 5.93.